The lowest BCUT2D eigenvalue weighted by molar-refractivity contribution is 0.0921. The smallest absolute Gasteiger partial charge is 0.287 e. The second kappa shape index (κ2) is 5.28. The Labute approximate surface area is 128 Å². The van der Waals surface area contributed by atoms with Crippen LogP contribution >= 0.6 is 15.9 Å². The Morgan fingerprint density at radius 3 is 2.90 bits per heavy atom. The Morgan fingerprint density at radius 2 is 2.19 bits per heavy atom. The van der Waals surface area contributed by atoms with Crippen LogP contribution in [0.4, 0.5) is 0 Å². The number of aryl methyl sites for hydroxylation is 2. The third kappa shape index (κ3) is 2.80. The Balaban J connectivity index is 1.76. The van der Waals surface area contributed by atoms with Crippen LogP contribution in [0.3, 0.4) is 0 Å². The average molecular weight is 350 g/mol. The number of aromatic nitrogens is 4. The summed E-state index contributed by atoms with van der Waals surface area (Å²) in [5, 5.41) is 7.02. The van der Waals surface area contributed by atoms with Crippen LogP contribution in [0.2, 0.25) is 0 Å². The van der Waals surface area contributed by atoms with Gasteiger partial charge in [-0.3, -0.25) is 4.79 Å². The standard InChI is InChI=1S/C13H12BrN5O2/c1-7-5-8(2)19-13(16-7)17-11(18-19)6-15-12(20)9-3-4-10(14)21-9/h3-5H,6H2,1-2H3,(H,15,20). The number of nitrogens with zero attached hydrogens (tertiary/aromatic N) is 4. The number of hydrogen-bond donors (Lipinski definition) is 1. The predicted molar refractivity (Wildman–Crippen MR) is 77.8 cm³/mol. The molecular weight excluding hydrogens is 338 g/mol. The van der Waals surface area contributed by atoms with Crippen molar-refractivity contribution in [2.45, 2.75) is 20.4 Å². The Bertz CT molecular complexity index is 823. The van der Waals surface area contributed by atoms with Crippen LogP contribution in [-0.4, -0.2) is 25.5 Å². The first-order chi connectivity index (χ1) is 10.0. The molecule has 0 aliphatic rings. The maximum Gasteiger partial charge on any atom is 0.287 e. The van der Waals surface area contributed by atoms with E-state index in [2.05, 4.69) is 36.3 Å². The van der Waals surface area contributed by atoms with E-state index < -0.39 is 0 Å². The fraction of sp³-hybridized carbons (Fsp3) is 0.231. The van der Waals surface area contributed by atoms with Crippen LogP contribution in [0.25, 0.3) is 5.78 Å². The Morgan fingerprint density at radius 1 is 1.38 bits per heavy atom. The van der Waals surface area contributed by atoms with Gasteiger partial charge in [-0.25, -0.2) is 9.50 Å². The van der Waals surface area contributed by atoms with Gasteiger partial charge in [0.05, 0.1) is 6.54 Å². The molecule has 1 amide bonds. The zero-order valence-electron chi connectivity index (χ0n) is 11.4. The number of nitrogens with one attached hydrogen (secondary N) is 1. The SMILES string of the molecule is Cc1cc(C)n2nc(CNC(=O)c3ccc(Br)o3)nc2n1. The molecular formula is C13H12BrN5O2. The molecule has 3 rings (SSSR count). The molecule has 3 aromatic heterocycles. The summed E-state index contributed by atoms with van der Waals surface area (Å²) in [5.74, 6) is 0.934. The number of fused-ring (bicyclic) bond motifs is 1. The number of halogens is 1. The highest BCUT2D eigenvalue weighted by molar-refractivity contribution is 9.10. The first kappa shape index (κ1) is 13.7. The fourth-order valence-electron chi connectivity index (χ4n) is 1.97. The molecule has 0 saturated carbocycles. The van der Waals surface area contributed by atoms with Crippen LogP contribution in [0.1, 0.15) is 27.8 Å². The van der Waals surface area contributed by atoms with Crippen LogP contribution in [0, 0.1) is 13.8 Å². The minimum atomic E-state index is -0.319. The predicted octanol–water partition coefficient (Wildman–Crippen LogP) is 2.03. The van der Waals surface area contributed by atoms with Gasteiger partial charge in [0.2, 0.25) is 0 Å². The van der Waals surface area contributed by atoms with Crippen LogP contribution < -0.4 is 5.32 Å². The quantitative estimate of drug-likeness (QED) is 0.781. The van der Waals surface area contributed by atoms with E-state index in [4.69, 9.17) is 4.42 Å². The summed E-state index contributed by atoms with van der Waals surface area (Å²) < 4.78 is 7.33. The van der Waals surface area contributed by atoms with E-state index in [1.807, 2.05) is 19.9 Å². The van der Waals surface area contributed by atoms with Crippen molar-refractivity contribution in [1.82, 2.24) is 24.9 Å². The maximum absolute atomic E-state index is 11.9. The molecule has 0 aliphatic carbocycles. The van der Waals surface area contributed by atoms with Gasteiger partial charge in [-0.1, -0.05) is 0 Å². The number of hydrogen-bond acceptors (Lipinski definition) is 5. The molecule has 0 saturated heterocycles. The van der Waals surface area contributed by atoms with Gasteiger partial charge in [0.1, 0.15) is 0 Å². The topological polar surface area (TPSA) is 85.3 Å². The van der Waals surface area contributed by atoms with E-state index in [1.165, 1.54) is 0 Å². The molecule has 0 unspecified atom stereocenters. The number of carbonyl (C=O) groups is 1. The van der Waals surface area contributed by atoms with E-state index in [-0.39, 0.29) is 18.2 Å². The van der Waals surface area contributed by atoms with E-state index in [0.29, 0.717) is 16.3 Å². The molecule has 0 atom stereocenters. The summed E-state index contributed by atoms with van der Waals surface area (Å²) in [7, 11) is 0. The minimum Gasteiger partial charge on any atom is -0.444 e. The lowest BCUT2D eigenvalue weighted by Gasteiger charge is -1.98. The van der Waals surface area contributed by atoms with Gasteiger partial charge in [-0.05, 0) is 48.0 Å². The molecule has 0 radical (unpaired) electrons. The van der Waals surface area contributed by atoms with E-state index in [0.717, 1.165) is 11.4 Å². The number of rotatable bonds is 3. The largest absolute Gasteiger partial charge is 0.444 e. The molecule has 21 heavy (non-hydrogen) atoms. The van der Waals surface area contributed by atoms with Crippen LogP contribution in [-0.2, 0) is 6.54 Å². The highest BCUT2D eigenvalue weighted by Gasteiger charge is 2.12. The molecule has 108 valence electrons. The molecule has 1 N–H and O–H groups in total. The summed E-state index contributed by atoms with van der Waals surface area (Å²) >= 11 is 3.15. The van der Waals surface area contributed by atoms with E-state index in [9.17, 15) is 4.79 Å². The molecule has 0 fully saturated rings. The Kier molecular flexibility index (Phi) is 3.46. The first-order valence-corrected chi connectivity index (χ1v) is 7.05. The second-order valence-electron chi connectivity index (χ2n) is 4.57. The van der Waals surface area contributed by atoms with Gasteiger partial charge in [-0.2, -0.15) is 4.98 Å². The van der Waals surface area contributed by atoms with Crippen molar-refractivity contribution >= 4 is 27.6 Å². The number of amides is 1. The van der Waals surface area contributed by atoms with Crippen LogP contribution in [0.5, 0.6) is 0 Å². The molecule has 0 aliphatic heterocycles. The first-order valence-electron chi connectivity index (χ1n) is 6.26. The van der Waals surface area contributed by atoms with Gasteiger partial charge in [-0.15, -0.1) is 5.10 Å². The van der Waals surface area contributed by atoms with Gasteiger partial charge < -0.3 is 9.73 Å². The summed E-state index contributed by atoms with van der Waals surface area (Å²) in [4.78, 5) is 20.5. The number of carbonyl (C=O) groups excluding carboxylic acids is 1. The van der Waals surface area contributed by atoms with Gasteiger partial charge in [0.15, 0.2) is 16.3 Å². The van der Waals surface area contributed by atoms with Crippen molar-refractivity contribution in [3.8, 4) is 0 Å². The molecule has 0 bridgehead atoms. The average Bonchev–Trinajstić information content (AvgIpc) is 3.02. The Hall–Kier alpha value is -2.22. The molecule has 3 aromatic rings. The van der Waals surface area contributed by atoms with Gasteiger partial charge >= 0.3 is 0 Å². The molecule has 7 nitrogen and oxygen atoms in total. The minimum absolute atomic E-state index is 0.207. The van der Waals surface area contributed by atoms with Gasteiger partial charge in [0.25, 0.3) is 11.7 Å². The van der Waals surface area contributed by atoms with Gasteiger partial charge in [0, 0.05) is 11.4 Å². The number of furan rings is 1. The zero-order valence-corrected chi connectivity index (χ0v) is 13.0. The highest BCUT2D eigenvalue weighted by Crippen LogP contribution is 2.13. The van der Waals surface area contributed by atoms with Crippen molar-refractivity contribution in [3.05, 3.63) is 45.8 Å². The summed E-state index contributed by atoms with van der Waals surface area (Å²) in [6.45, 7) is 4.04. The summed E-state index contributed by atoms with van der Waals surface area (Å²) in [6.07, 6.45) is 0. The third-order valence-corrected chi connectivity index (χ3v) is 3.29. The third-order valence-electron chi connectivity index (χ3n) is 2.87. The van der Waals surface area contributed by atoms with Crippen molar-refractivity contribution in [3.63, 3.8) is 0 Å². The molecule has 3 heterocycles. The highest BCUT2D eigenvalue weighted by atomic mass is 79.9. The van der Waals surface area contributed by atoms with E-state index in [1.54, 1.807) is 16.6 Å². The second-order valence-corrected chi connectivity index (χ2v) is 5.35. The normalized spacial score (nSPS) is 11.0. The van der Waals surface area contributed by atoms with Crippen molar-refractivity contribution in [2.24, 2.45) is 0 Å². The molecule has 8 heteroatoms. The van der Waals surface area contributed by atoms with Crippen molar-refractivity contribution < 1.29 is 9.21 Å². The van der Waals surface area contributed by atoms with Crippen molar-refractivity contribution in [2.75, 3.05) is 0 Å². The lowest BCUT2D eigenvalue weighted by atomic mass is 10.4. The lowest BCUT2D eigenvalue weighted by Crippen LogP contribution is -2.22. The van der Waals surface area contributed by atoms with E-state index >= 15 is 0 Å². The van der Waals surface area contributed by atoms with Crippen LogP contribution in [0.15, 0.2) is 27.3 Å². The molecule has 0 aromatic carbocycles. The zero-order chi connectivity index (χ0) is 15.0. The van der Waals surface area contributed by atoms with Crippen molar-refractivity contribution in [1.29, 1.82) is 0 Å². The summed E-state index contributed by atoms with van der Waals surface area (Å²) in [5.41, 5.74) is 1.82. The molecule has 0 spiro atoms. The maximum atomic E-state index is 11.9. The summed E-state index contributed by atoms with van der Waals surface area (Å²) in [6, 6.07) is 5.17. The monoisotopic (exact) mass is 349 g/mol. The fourth-order valence-corrected chi connectivity index (χ4v) is 2.27.